The van der Waals surface area contributed by atoms with Crippen LogP contribution < -0.4 is 0 Å². The van der Waals surface area contributed by atoms with Crippen LogP contribution in [0.4, 0.5) is 4.39 Å². The lowest BCUT2D eigenvalue weighted by Crippen LogP contribution is -2.22. The van der Waals surface area contributed by atoms with Crippen molar-refractivity contribution in [2.24, 2.45) is 5.92 Å². The van der Waals surface area contributed by atoms with Crippen molar-refractivity contribution in [3.63, 3.8) is 0 Å². The maximum Gasteiger partial charge on any atom is 0.171 e. The molecule has 1 heterocycles. The number of aryl methyl sites for hydroxylation is 1. The van der Waals surface area contributed by atoms with Crippen molar-refractivity contribution >= 4 is 23.6 Å². The molecule has 0 radical (unpaired) electrons. The molecular formula is C22H23ClFN3O. The summed E-state index contributed by atoms with van der Waals surface area (Å²) in [5, 5.41) is 7.80. The summed E-state index contributed by atoms with van der Waals surface area (Å²) in [5.74, 6) is -0.239. The summed E-state index contributed by atoms with van der Waals surface area (Å²) in [6, 6.07) is 5.83. The number of nitrogens with zero attached hydrogens (tertiary/aromatic N) is 2. The number of hydrogen-bond acceptors (Lipinski definition) is 4. The highest BCUT2D eigenvalue weighted by Gasteiger charge is 2.27. The quantitative estimate of drug-likeness (QED) is 0.566. The van der Waals surface area contributed by atoms with E-state index in [9.17, 15) is 9.18 Å². The Labute approximate surface area is 169 Å². The van der Waals surface area contributed by atoms with Crippen molar-refractivity contribution in [1.82, 2.24) is 9.97 Å². The standard InChI is InChI=1S/C22H23ClFN3O/c1-13-3-4-15(17(7-13)10-24)8-20-18-6-5-16(9-21(18)27-12-26-20)19(11-25)22(23)14(2)28/h3-4,7,11-12,16,25H,5-6,8-10H2,1-2H3/b22-19-,25-11?. The summed E-state index contributed by atoms with van der Waals surface area (Å²) in [4.78, 5) is 20.5. The van der Waals surface area contributed by atoms with E-state index in [4.69, 9.17) is 17.0 Å². The van der Waals surface area contributed by atoms with Crippen molar-refractivity contribution in [1.29, 1.82) is 5.41 Å². The molecule has 0 amide bonds. The Morgan fingerprint density at radius 1 is 1.36 bits per heavy atom. The molecular weight excluding hydrogens is 377 g/mol. The fraction of sp³-hybridized carbons (Fsp3) is 0.364. The number of carbonyl (C=O) groups excluding carboxylic acids is 1. The monoisotopic (exact) mass is 399 g/mol. The van der Waals surface area contributed by atoms with Gasteiger partial charge in [0.2, 0.25) is 0 Å². The van der Waals surface area contributed by atoms with Gasteiger partial charge in [-0.15, -0.1) is 0 Å². The normalized spacial score (nSPS) is 16.9. The lowest BCUT2D eigenvalue weighted by atomic mass is 9.81. The number of hydrogen-bond donors (Lipinski definition) is 1. The van der Waals surface area contributed by atoms with E-state index in [1.165, 1.54) is 13.1 Å². The molecule has 0 saturated carbocycles. The molecule has 1 unspecified atom stereocenters. The van der Waals surface area contributed by atoms with Gasteiger partial charge in [-0.25, -0.2) is 14.4 Å². The molecule has 0 bridgehead atoms. The second-order valence-corrected chi connectivity index (χ2v) is 7.62. The maximum atomic E-state index is 13.4. The summed E-state index contributed by atoms with van der Waals surface area (Å²) >= 11 is 6.14. The smallest absolute Gasteiger partial charge is 0.171 e. The number of carbonyl (C=O) groups is 1. The zero-order chi connectivity index (χ0) is 20.3. The van der Waals surface area contributed by atoms with Gasteiger partial charge in [0.1, 0.15) is 13.0 Å². The van der Waals surface area contributed by atoms with Gasteiger partial charge < -0.3 is 5.41 Å². The number of aromatic nitrogens is 2. The van der Waals surface area contributed by atoms with E-state index in [2.05, 4.69) is 9.97 Å². The van der Waals surface area contributed by atoms with Crippen LogP contribution in [0.15, 0.2) is 35.1 Å². The first kappa shape index (κ1) is 20.3. The van der Waals surface area contributed by atoms with Crippen LogP contribution in [0.5, 0.6) is 0 Å². The van der Waals surface area contributed by atoms with E-state index in [1.807, 2.05) is 25.1 Å². The number of benzene rings is 1. The molecule has 1 aliphatic carbocycles. The van der Waals surface area contributed by atoms with Crippen LogP contribution in [0.1, 0.15) is 47.0 Å². The van der Waals surface area contributed by atoms with Crippen molar-refractivity contribution in [2.75, 3.05) is 0 Å². The summed E-state index contributed by atoms with van der Waals surface area (Å²) in [6.07, 6.45) is 5.42. The highest BCUT2D eigenvalue weighted by molar-refractivity contribution is 6.43. The first-order valence-electron chi connectivity index (χ1n) is 9.31. The predicted molar refractivity (Wildman–Crippen MR) is 109 cm³/mol. The SMILES string of the molecule is CC(=O)/C(Cl)=C(\C=N)C1CCc2c(Cc3ccc(C)cc3CF)ncnc2C1. The Balaban J connectivity index is 1.90. The average molecular weight is 400 g/mol. The van der Waals surface area contributed by atoms with Crippen LogP contribution in [0.25, 0.3) is 0 Å². The summed E-state index contributed by atoms with van der Waals surface area (Å²) < 4.78 is 13.4. The lowest BCUT2D eigenvalue weighted by molar-refractivity contribution is -0.113. The first-order chi connectivity index (χ1) is 13.4. The fourth-order valence-corrected chi connectivity index (χ4v) is 4.03. The molecule has 1 aromatic carbocycles. The summed E-state index contributed by atoms with van der Waals surface area (Å²) in [6.45, 7) is 2.87. The number of alkyl halides is 1. The third kappa shape index (κ3) is 4.20. The molecule has 6 heteroatoms. The molecule has 2 aromatic rings. The molecule has 1 aliphatic rings. The van der Waals surface area contributed by atoms with Crippen molar-refractivity contribution < 1.29 is 9.18 Å². The molecule has 1 atom stereocenters. The number of ketones is 1. The van der Waals surface area contributed by atoms with Crippen LogP contribution in [-0.2, 0) is 30.7 Å². The zero-order valence-electron chi connectivity index (χ0n) is 16.1. The van der Waals surface area contributed by atoms with Crippen LogP contribution in [0, 0.1) is 18.3 Å². The van der Waals surface area contributed by atoms with Gasteiger partial charge in [0, 0.05) is 25.3 Å². The second-order valence-electron chi connectivity index (χ2n) is 7.24. The van der Waals surface area contributed by atoms with Gasteiger partial charge in [0.25, 0.3) is 0 Å². The van der Waals surface area contributed by atoms with Crippen LogP contribution in [0.3, 0.4) is 0 Å². The van der Waals surface area contributed by atoms with Crippen LogP contribution in [-0.4, -0.2) is 22.0 Å². The van der Waals surface area contributed by atoms with E-state index in [1.54, 1.807) is 6.33 Å². The van der Waals surface area contributed by atoms with Gasteiger partial charge in [0.05, 0.1) is 10.7 Å². The molecule has 4 nitrogen and oxygen atoms in total. The Morgan fingerprint density at radius 3 is 2.82 bits per heavy atom. The van der Waals surface area contributed by atoms with Crippen LogP contribution in [0.2, 0.25) is 0 Å². The molecule has 1 aromatic heterocycles. The third-order valence-corrected chi connectivity index (χ3v) is 5.81. The van der Waals surface area contributed by atoms with E-state index in [0.717, 1.165) is 40.9 Å². The number of allylic oxidation sites excluding steroid dienone is 2. The average Bonchev–Trinajstić information content (AvgIpc) is 2.69. The van der Waals surface area contributed by atoms with Crippen LogP contribution >= 0.6 is 11.6 Å². The van der Waals surface area contributed by atoms with E-state index < -0.39 is 6.67 Å². The molecule has 3 rings (SSSR count). The first-order valence-corrected chi connectivity index (χ1v) is 9.69. The minimum Gasteiger partial charge on any atom is -0.308 e. The van der Waals surface area contributed by atoms with E-state index in [-0.39, 0.29) is 16.7 Å². The Morgan fingerprint density at radius 2 is 2.14 bits per heavy atom. The fourth-order valence-electron chi connectivity index (χ4n) is 3.82. The highest BCUT2D eigenvalue weighted by Crippen LogP contribution is 2.33. The molecule has 1 N–H and O–H groups in total. The molecule has 0 aliphatic heterocycles. The zero-order valence-corrected chi connectivity index (χ0v) is 16.8. The van der Waals surface area contributed by atoms with E-state index >= 15 is 0 Å². The number of fused-ring (bicyclic) bond motifs is 1. The summed E-state index contributed by atoms with van der Waals surface area (Å²) in [5.41, 5.74) is 6.17. The van der Waals surface area contributed by atoms with Gasteiger partial charge >= 0.3 is 0 Å². The Kier molecular flexibility index (Phi) is 6.35. The molecule has 28 heavy (non-hydrogen) atoms. The van der Waals surface area contributed by atoms with E-state index in [0.29, 0.717) is 24.0 Å². The molecule has 0 saturated heterocycles. The van der Waals surface area contributed by atoms with Gasteiger partial charge in [-0.05, 0) is 54.4 Å². The second kappa shape index (κ2) is 8.74. The maximum absolute atomic E-state index is 13.4. The van der Waals surface area contributed by atoms with Gasteiger partial charge in [-0.2, -0.15) is 0 Å². The third-order valence-electron chi connectivity index (χ3n) is 5.33. The number of rotatable bonds is 6. The highest BCUT2D eigenvalue weighted by atomic mass is 35.5. The van der Waals surface area contributed by atoms with Crippen molar-refractivity contribution in [3.8, 4) is 0 Å². The topological polar surface area (TPSA) is 66.7 Å². The minimum absolute atomic E-state index is 0.00933. The largest absolute Gasteiger partial charge is 0.308 e. The number of halogens is 2. The number of Topliss-reactive ketones (excluding diaryl/α,β-unsaturated/α-hetero) is 1. The molecule has 0 spiro atoms. The molecule has 0 fully saturated rings. The predicted octanol–water partition coefficient (Wildman–Crippen LogP) is 4.68. The van der Waals surface area contributed by atoms with Gasteiger partial charge in [0.15, 0.2) is 5.78 Å². The Bertz CT molecular complexity index is 955. The van der Waals surface area contributed by atoms with Crippen molar-refractivity contribution in [2.45, 2.75) is 46.2 Å². The minimum atomic E-state index is -0.497. The van der Waals surface area contributed by atoms with Gasteiger partial charge in [-0.3, -0.25) is 4.79 Å². The lowest BCUT2D eigenvalue weighted by Gasteiger charge is -2.26. The van der Waals surface area contributed by atoms with Crippen molar-refractivity contribution in [3.05, 3.63) is 68.8 Å². The van der Waals surface area contributed by atoms with Gasteiger partial charge in [-0.1, -0.05) is 35.4 Å². The summed E-state index contributed by atoms with van der Waals surface area (Å²) in [7, 11) is 0. The Hall–Kier alpha value is -2.40. The molecule has 146 valence electrons. The number of nitrogens with one attached hydrogen (secondary N) is 1.